The van der Waals surface area contributed by atoms with Crippen LogP contribution in [0.25, 0.3) is 11.0 Å². The van der Waals surface area contributed by atoms with E-state index in [9.17, 15) is 0 Å². The van der Waals surface area contributed by atoms with Crippen molar-refractivity contribution >= 4 is 22.8 Å². The maximum absolute atomic E-state index is 5.44. The van der Waals surface area contributed by atoms with Crippen LogP contribution in [0.4, 0.5) is 0 Å². The molecule has 1 N–H and O–H groups in total. The SMILES string of the molecule is COc1c(C)nc(CSc2nc3cc4c(cc3[nH]2)OCO4)c(C)c1C. The summed E-state index contributed by atoms with van der Waals surface area (Å²) in [7, 11) is 1.68. The number of nitrogens with one attached hydrogen (secondary N) is 1. The zero-order valence-electron chi connectivity index (χ0n) is 14.6. The van der Waals surface area contributed by atoms with Crippen LogP contribution < -0.4 is 14.2 Å². The number of imidazole rings is 1. The van der Waals surface area contributed by atoms with E-state index < -0.39 is 0 Å². The van der Waals surface area contributed by atoms with Crippen LogP contribution >= 0.6 is 11.8 Å². The number of methoxy groups -OCH3 is 1. The summed E-state index contributed by atoms with van der Waals surface area (Å²) in [6.07, 6.45) is 0. The first kappa shape index (κ1) is 16.1. The van der Waals surface area contributed by atoms with Gasteiger partial charge >= 0.3 is 0 Å². The second kappa shape index (κ2) is 6.15. The maximum Gasteiger partial charge on any atom is 0.231 e. The lowest BCUT2D eigenvalue weighted by Crippen LogP contribution is -2.02. The van der Waals surface area contributed by atoms with Crippen LogP contribution in [0.2, 0.25) is 0 Å². The Balaban J connectivity index is 1.58. The Kier molecular flexibility index (Phi) is 3.95. The minimum Gasteiger partial charge on any atom is -0.495 e. The normalized spacial score (nSPS) is 12.8. The number of ether oxygens (including phenoxy) is 3. The van der Waals surface area contributed by atoms with Crippen molar-refractivity contribution in [3.63, 3.8) is 0 Å². The fraction of sp³-hybridized carbons (Fsp3) is 0.333. The minimum absolute atomic E-state index is 0.269. The minimum atomic E-state index is 0.269. The topological polar surface area (TPSA) is 69.3 Å². The highest BCUT2D eigenvalue weighted by Gasteiger charge is 2.17. The van der Waals surface area contributed by atoms with Crippen LogP contribution in [-0.4, -0.2) is 28.9 Å². The Hall–Kier alpha value is -2.41. The van der Waals surface area contributed by atoms with E-state index in [1.54, 1.807) is 18.9 Å². The fourth-order valence-corrected chi connectivity index (χ4v) is 3.92. The monoisotopic (exact) mass is 357 g/mol. The summed E-state index contributed by atoms with van der Waals surface area (Å²) in [6.45, 7) is 6.39. The first-order valence-corrected chi connectivity index (χ1v) is 8.98. The van der Waals surface area contributed by atoms with Crippen LogP contribution in [-0.2, 0) is 5.75 Å². The Morgan fingerprint density at radius 3 is 2.64 bits per heavy atom. The summed E-state index contributed by atoms with van der Waals surface area (Å²) < 4.78 is 16.3. The molecule has 0 atom stereocenters. The highest BCUT2D eigenvalue weighted by molar-refractivity contribution is 7.98. The van der Waals surface area contributed by atoms with Gasteiger partial charge in [-0.2, -0.15) is 0 Å². The molecule has 0 saturated heterocycles. The number of pyridine rings is 1. The van der Waals surface area contributed by atoms with Gasteiger partial charge in [0.1, 0.15) is 5.75 Å². The number of hydrogen-bond acceptors (Lipinski definition) is 6. The molecular formula is C18H19N3O3S. The molecule has 130 valence electrons. The van der Waals surface area contributed by atoms with Crippen LogP contribution in [0, 0.1) is 20.8 Å². The van der Waals surface area contributed by atoms with Crippen molar-refractivity contribution in [2.45, 2.75) is 31.7 Å². The van der Waals surface area contributed by atoms with Gasteiger partial charge in [-0.3, -0.25) is 4.98 Å². The molecule has 1 aliphatic heterocycles. The number of nitrogens with zero attached hydrogens (tertiary/aromatic N) is 2. The summed E-state index contributed by atoms with van der Waals surface area (Å²) in [6, 6.07) is 3.84. The zero-order valence-corrected chi connectivity index (χ0v) is 15.4. The van der Waals surface area contributed by atoms with Gasteiger partial charge in [0.05, 0.1) is 29.5 Å². The lowest BCUT2D eigenvalue weighted by Gasteiger charge is -2.14. The highest BCUT2D eigenvalue weighted by Crippen LogP contribution is 2.36. The molecule has 0 aliphatic carbocycles. The number of hydrogen-bond donors (Lipinski definition) is 1. The fourth-order valence-electron chi connectivity index (χ4n) is 3.02. The lowest BCUT2D eigenvalue weighted by molar-refractivity contribution is 0.174. The molecule has 0 saturated carbocycles. The quantitative estimate of drug-likeness (QED) is 0.714. The Bertz CT molecular complexity index is 927. The summed E-state index contributed by atoms with van der Waals surface area (Å²) in [5, 5.41) is 0.853. The van der Waals surface area contributed by atoms with Gasteiger partial charge in [0.2, 0.25) is 6.79 Å². The molecule has 0 bridgehead atoms. The first-order chi connectivity index (χ1) is 12.1. The van der Waals surface area contributed by atoms with Crippen LogP contribution in [0.1, 0.15) is 22.5 Å². The van der Waals surface area contributed by atoms with Gasteiger partial charge in [0.25, 0.3) is 0 Å². The largest absolute Gasteiger partial charge is 0.495 e. The molecule has 0 radical (unpaired) electrons. The van der Waals surface area contributed by atoms with Gasteiger partial charge in [0, 0.05) is 17.9 Å². The second-order valence-corrected chi connectivity index (χ2v) is 6.94. The molecule has 6 nitrogen and oxygen atoms in total. The van der Waals surface area contributed by atoms with Crippen molar-refractivity contribution in [2.24, 2.45) is 0 Å². The van der Waals surface area contributed by atoms with Crippen LogP contribution in [0.5, 0.6) is 17.2 Å². The van der Waals surface area contributed by atoms with Crippen LogP contribution in [0.15, 0.2) is 17.3 Å². The molecule has 0 fully saturated rings. The van der Waals surface area contributed by atoms with Crippen LogP contribution in [0.3, 0.4) is 0 Å². The third kappa shape index (κ3) is 2.78. The van der Waals surface area contributed by atoms with Gasteiger partial charge < -0.3 is 19.2 Å². The number of aromatic nitrogens is 3. The summed E-state index contributed by atoms with van der Waals surface area (Å²) in [5.41, 5.74) is 6.08. The molecule has 0 spiro atoms. The molecule has 25 heavy (non-hydrogen) atoms. The van der Waals surface area contributed by atoms with E-state index >= 15 is 0 Å². The molecule has 0 amide bonds. The molecule has 3 aromatic rings. The molecule has 3 heterocycles. The van der Waals surface area contributed by atoms with E-state index in [2.05, 4.69) is 23.8 Å². The van der Waals surface area contributed by atoms with E-state index in [-0.39, 0.29) is 6.79 Å². The third-order valence-electron chi connectivity index (χ3n) is 4.47. The predicted molar refractivity (Wildman–Crippen MR) is 96.8 cm³/mol. The van der Waals surface area contributed by atoms with E-state index in [0.29, 0.717) is 0 Å². The molecule has 7 heteroatoms. The number of thioether (sulfide) groups is 1. The number of aryl methyl sites for hydroxylation is 1. The van der Waals surface area contributed by atoms with Crippen molar-refractivity contribution in [3.05, 3.63) is 34.6 Å². The first-order valence-electron chi connectivity index (χ1n) is 7.99. The standard InChI is InChI=1S/C18H19N3O3S/c1-9-10(2)17(22-4)11(3)19-14(9)7-25-18-20-12-5-15-16(24-8-23-15)6-13(12)21-18/h5-6H,7-8H2,1-4H3,(H,20,21). The number of H-pyrrole nitrogens is 1. The number of aromatic amines is 1. The summed E-state index contributed by atoms with van der Waals surface area (Å²) in [5.74, 6) is 3.11. The lowest BCUT2D eigenvalue weighted by atomic mass is 10.1. The van der Waals surface area contributed by atoms with Crippen molar-refractivity contribution in [1.82, 2.24) is 15.0 Å². The molecule has 4 rings (SSSR count). The number of benzene rings is 1. The second-order valence-electron chi connectivity index (χ2n) is 5.98. The Labute approximate surface area is 149 Å². The molecule has 0 unspecified atom stereocenters. The molecular weight excluding hydrogens is 338 g/mol. The van der Waals surface area contributed by atoms with E-state index in [1.165, 1.54) is 0 Å². The van der Waals surface area contributed by atoms with Crippen molar-refractivity contribution < 1.29 is 14.2 Å². The summed E-state index contributed by atoms with van der Waals surface area (Å²) in [4.78, 5) is 12.7. The maximum atomic E-state index is 5.44. The highest BCUT2D eigenvalue weighted by atomic mass is 32.2. The van der Waals surface area contributed by atoms with Crippen molar-refractivity contribution in [2.75, 3.05) is 13.9 Å². The van der Waals surface area contributed by atoms with Gasteiger partial charge in [-0.25, -0.2) is 4.98 Å². The summed E-state index contributed by atoms with van der Waals surface area (Å²) >= 11 is 1.63. The number of fused-ring (bicyclic) bond motifs is 2. The molecule has 1 aliphatic rings. The third-order valence-corrected chi connectivity index (χ3v) is 5.36. The van der Waals surface area contributed by atoms with E-state index in [1.807, 2.05) is 19.1 Å². The average Bonchev–Trinajstić information content (AvgIpc) is 3.20. The molecule has 2 aromatic heterocycles. The van der Waals surface area contributed by atoms with Crippen molar-refractivity contribution in [3.8, 4) is 17.2 Å². The van der Waals surface area contributed by atoms with Gasteiger partial charge in [-0.05, 0) is 31.9 Å². The van der Waals surface area contributed by atoms with Gasteiger partial charge in [-0.1, -0.05) is 11.8 Å². The number of rotatable bonds is 4. The van der Waals surface area contributed by atoms with Gasteiger partial charge in [-0.15, -0.1) is 0 Å². The van der Waals surface area contributed by atoms with Crippen molar-refractivity contribution in [1.29, 1.82) is 0 Å². The Morgan fingerprint density at radius 1 is 1.12 bits per heavy atom. The van der Waals surface area contributed by atoms with E-state index in [0.717, 1.165) is 61.7 Å². The van der Waals surface area contributed by atoms with Gasteiger partial charge in [0.15, 0.2) is 16.7 Å². The Morgan fingerprint density at radius 2 is 1.88 bits per heavy atom. The smallest absolute Gasteiger partial charge is 0.231 e. The molecule has 1 aromatic carbocycles. The van der Waals surface area contributed by atoms with E-state index in [4.69, 9.17) is 19.2 Å². The predicted octanol–water partition coefficient (Wildman–Crippen LogP) is 3.91. The zero-order chi connectivity index (χ0) is 17.6. The average molecular weight is 357 g/mol.